The average Bonchev–Trinajstić information content (AvgIpc) is 3.65. The molecule has 0 saturated heterocycles. The normalized spacial score (nSPS) is 11.3. The summed E-state index contributed by atoms with van der Waals surface area (Å²) in [6.45, 7) is 0. The Morgan fingerprint density at radius 3 is 1.09 bits per heavy atom. The van der Waals surface area contributed by atoms with Gasteiger partial charge in [-0.3, -0.25) is 0 Å². The van der Waals surface area contributed by atoms with Crippen molar-refractivity contribution in [3.8, 4) is 78.7 Å². The first-order valence-corrected chi connectivity index (χ1v) is 19.2. The molecule has 10 aromatic rings. The van der Waals surface area contributed by atoms with E-state index in [2.05, 4.69) is 194 Å². The summed E-state index contributed by atoms with van der Waals surface area (Å²) in [7, 11) is 0. The number of thiophene rings is 1. The number of nitrogens with zero attached hydrogens (tertiary/aromatic N) is 3. The molecule has 258 valence electrons. The lowest BCUT2D eigenvalue weighted by molar-refractivity contribution is 1.07. The third kappa shape index (κ3) is 6.50. The molecule has 55 heavy (non-hydrogen) atoms. The van der Waals surface area contributed by atoms with E-state index in [1.54, 1.807) is 11.3 Å². The molecule has 0 aliphatic rings. The van der Waals surface area contributed by atoms with Gasteiger partial charge in [0, 0.05) is 36.9 Å². The summed E-state index contributed by atoms with van der Waals surface area (Å²) >= 11 is 1.80. The zero-order valence-corrected chi connectivity index (χ0v) is 30.6. The van der Waals surface area contributed by atoms with Gasteiger partial charge in [0.1, 0.15) is 0 Å². The van der Waals surface area contributed by atoms with Crippen molar-refractivity contribution in [3.63, 3.8) is 0 Å². The van der Waals surface area contributed by atoms with Gasteiger partial charge in [-0.15, -0.1) is 11.3 Å². The van der Waals surface area contributed by atoms with Crippen LogP contribution in [0, 0.1) is 0 Å². The molecular weight excluding hydrogens is 687 g/mol. The van der Waals surface area contributed by atoms with Crippen molar-refractivity contribution < 1.29 is 0 Å². The van der Waals surface area contributed by atoms with Crippen molar-refractivity contribution in [2.24, 2.45) is 0 Å². The van der Waals surface area contributed by atoms with E-state index >= 15 is 0 Å². The topological polar surface area (TPSA) is 38.7 Å². The van der Waals surface area contributed by atoms with Crippen LogP contribution in [-0.2, 0) is 0 Å². The summed E-state index contributed by atoms with van der Waals surface area (Å²) in [5.74, 6) is 1.93. The molecule has 0 spiro atoms. The average molecular weight is 720 g/mol. The van der Waals surface area contributed by atoms with Crippen LogP contribution in [0.4, 0.5) is 0 Å². The van der Waals surface area contributed by atoms with E-state index in [4.69, 9.17) is 15.0 Å². The van der Waals surface area contributed by atoms with Gasteiger partial charge in [0.2, 0.25) is 0 Å². The van der Waals surface area contributed by atoms with Gasteiger partial charge in [-0.05, 0) is 74.8 Å². The molecule has 2 aromatic heterocycles. The van der Waals surface area contributed by atoms with Gasteiger partial charge in [-0.25, -0.2) is 15.0 Å². The predicted molar refractivity (Wildman–Crippen MR) is 231 cm³/mol. The number of hydrogen-bond acceptors (Lipinski definition) is 4. The minimum Gasteiger partial charge on any atom is -0.208 e. The van der Waals surface area contributed by atoms with Gasteiger partial charge in [-0.1, -0.05) is 170 Å². The van der Waals surface area contributed by atoms with Crippen molar-refractivity contribution >= 4 is 31.5 Å². The Hall–Kier alpha value is -7.01. The molecule has 3 nitrogen and oxygen atoms in total. The highest BCUT2D eigenvalue weighted by Crippen LogP contribution is 2.37. The quantitative estimate of drug-likeness (QED) is 0.165. The summed E-state index contributed by atoms with van der Waals surface area (Å²) in [6.07, 6.45) is 0. The van der Waals surface area contributed by atoms with Crippen LogP contribution in [0.15, 0.2) is 200 Å². The van der Waals surface area contributed by atoms with Gasteiger partial charge in [0.05, 0.1) is 0 Å². The van der Waals surface area contributed by atoms with Crippen LogP contribution in [0.25, 0.3) is 98.8 Å². The molecule has 4 heteroatoms. The molecule has 0 unspecified atom stereocenters. The lowest BCUT2D eigenvalue weighted by Gasteiger charge is -2.12. The second-order valence-electron chi connectivity index (χ2n) is 13.7. The largest absolute Gasteiger partial charge is 0.208 e. The molecule has 0 fully saturated rings. The van der Waals surface area contributed by atoms with E-state index in [1.807, 2.05) is 6.07 Å². The van der Waals surface area contributed by atoms with Crippen LogP contribution in [-0.4, -0.2) is 15.0 Å². The molecule has 0 aliphatic heterocycles. The van der Waals surface area contributed by atoms with Crippen molar-refractivity contribution in [3.05, 3.63) is 200 Å². The van der Waals surface area contributed by atoms with Gasteiger partial charge in [-0.2, -0.15) is 0 Å². The summed E-state index contributed by atoms with van der Waals surface area (Å²) in [5, 5.41) is 2.52. The van der Waals surface area contributed by atoms with E-state index in [1.165, 1.54) is 48.0 Å². The van der Waals surface area contributed by atoms with Gasteiger partial charge >= 0.3 is 0 Å². The van der Waals surface area contributed by atoms with Crippen LogP contribution in [0.1, 0.15) is 0 Å². The monoisotopic (exact) mass is 719 g/mol. The van der Waals surface area contributed by atoms with Crippen LogP contribution in [0.3, 0.4) is 0 Å². The van der Waals surface area contributed by atoms with E-state index in [0.717, 1.165) is 33.4 Å². The molecule has 0 N–H and O–H groups in total. The number of hydrogen-bond donors (Lipinski definition) is 0. The third-order valence-corrected chi connectivity index (χ3v) is 11.3. The van der Waals surface area contributed by atoms with Crippen molar-refractivity contribution in [2.75, 3.05) is 0 Å². The smallest absolute Gasteiger partial charge is 0.164 e. The second-order valence-corrected chi connectivity index (χ2v) is 14.8. The maximum absolute atomic E-state index is 5.12. The Balaban J connectivity index is 1.07. The molecule has 2 heterocycles. The van der Waals surface area contributed by atoms with Gasteiger partial charge in [0.25, 0.3) is 0 Å². The number of rotatable bonds is 7. The Morgan fingerprint density at radius 2 is 0.582 bits per heavy atom. The van der Waals surface area contributed by atoms with Crippen LogP contribution >= 0.6 is 11.3 Å². The minimum absolute atomic E-state index is 0.637. The Labute approximate surface area is 323 Å². The molecule has 0 bridgehead atoms. The first kappa shape index (κ1) is 32.6. The Kier molecular flexibility index (Phi) is 8.36. The number of fused-ring (bicyclic) bond motifs is 3. The lowest BCUT2D eigenvalue weighted by atomic mass is 9.93. The predicted octanol–water partition coefficient (Wildman–Crippen LogP) is 13.9. The maximum atomic E-state index is 5.12. The first-order chi connectivity index (χ1) is 27.2. The highest BCUT2D eigenvalue weighted by Gasteiger charge is 2.15. The summed E-state index contributed by atoms with van der Waals surface area (Å²) < 4.78 is 2.49. The van der Waals surface area contributed by atoms with E-state index in [-0.39, 0.29) is 0 Å². The lowest BCUT2D eigenvalue weighted by Crippen LogP contribution is -2.00. The number of benzene rings is 8. The fourth-order valence-corrected chi connectivity index (χ4v) is 8.42. The van der Waals surface area contributed by atoms with E-state index in [9.17, 15) is 0 Å². The molecule has 10 rings (SSSR count). The first-order valence-electron chi connectivity index (χ1n) is 18.4. The zero-order valence-electron chi connectivity index (χ0n) is 29.8. The summed E-state index contributed by atoms with van der Waals surface area (Å²) in [5.41, 5.74) is 12.2. The van der Waals surface area contributed by atoms with E-state index < -0.39 is 0 Å². The van der Waals surface area contributed by atoms with Crippen molar-refractivity contribution in [1.82, 2.24) is 15.0 Å². The molecule has 8 aromatic carbocycles. The Morgan fingerprint density at radius 1 is 0.236 bits per heavy atom. The SMILES string of the molecule is c1ccc(-c2ccc(-c3nc(-c4ccc(-c5cc(-c6ccccc6)cc(-c6ccccc6)c5)cc4)nc(-c4ccc5c(c4)sc4ccccc45)n3)cc2)cc1. The minimum atomic E-state index is 0.637. The fourth-order valence-electron chi connectivity index (χ4n) is 7.27. The third-order valence-electron chi connectivity index (χ3n) is 10.1. The highest BCUT2D eigenvalue weighted by atomic mass is 32.1. The van der Waals surface area contributed by atoms with Crippen molar-refractivity contribution in [2.45, 2.75) is 0 Å². The van der Waals surface area contributed by atoms with Gasteiger partial charge < -0.3 is 0 Å². The molecule has 0 atom stereocenters. The number of aromatic nitrogens is 3. The van der Waals surface area contributed by atoms with E-state index in [0.29, 0.717) is 17.5 Å². The molecular formula is C51H33N3S. The second kappa shape index (κ2) is 14.1. The van der Waals surface area contributed by atoms with Gasteiger partial charge in [0.15, 0.2) is 17.5 Å². The highest BCUT2D eigenvalue weighted by molar-refractivity contribution is 7.25. The summed E-state index contributed by atoms with van der Waals surface area (Å²) in [6, 6.07) is 70.6. The molecule has 0 saturated carbocycles. The van der Waals surface area contributed by atoms with Crippen LogP contribution in [0.5, 0.6) is 0 Å². The van der Waals surface area contributed by atoms with Crippen molar-refractivity contribution in [1.29, 1.82) is 0 Å². The van der Waals surface area contributed by atoms with Crippen LogP contribution in [0.2, 0.25) is 0 Å². The molecule has 0 aliphatic carbocycles. The Bertz CT molecular complexity index is 2880. The molecule has 0 radical (unpaired) electrons. The standard InChI is InChI=1S/C51H33N3S/c1-4-12-34(13-5-1)37-20-24-39(25-21-37)49-52-50(54-51(53-49)41-28-29-46-45-18-10-11-19-47(45)55-48(46)33-41)40-26-22-38(23-27-40)44-31-42(35-14-6-2-7-15-35)30-43(32-44)36-16-8-3-9-17-36/h1-33H. The zero-order chi connectivity index (χ0) is 36.6. The maximum Gasteiger partial charge on any atom is 0.164 e. The summed E-state index contributed by atoms with van der Waals surface area (Å²) in [4.78, 5) is 15.3. The fraction of sp³-hybridized carbons (Fsp3) is 0. The van der Waals surface area contributed by atoms with Crippen LogP contribution < -0.4 is 0 Å². The molecule has 0 amide bonds.